The molecule has 2 fully saturated rings. The molecule has 1 aliphatic carbocycles. The number of hydroxylamine groups is 2. The Bertz CT molecular complexity index is 874. The summed E-state index contributed by atoms with van der Waals surface area (Å²) >= 11 is 0. The first-order valence-electron chi connectivity index (χ1n) is 8.64. The minimum absolute atomic E-state index is 0. The van der Waals surface area contributed by atoms with Gasteiger partial charge in [-0.2, -0.15) is 8.42 Å². The Morgan fingerprint density at radius 1 is 1.10 bits per heavy atom. The summed E-state index contributed by atoms with van der Waals surface area (Å²) in [5.74, 6) is -4.61. The molecule has 4 amide bonds. The predicted molar refractivity (Wildman–Crippen MR) is 96.4 cm³/mol. The van der Waals surface area contributed by atoms with E-state index < -0.39 is 56.8 Å². The Hall–Kier alpha value is -1.60. The maximum absolute atomic E-state index is 12.9. The van der Waals surface area contributed by atoms with Gasteiger partial charge in [-0.05, 0) is 12.8 Å². The molecule has 1 N–H and O–H groups in total. The number of carbonyl (C=O) groups is 5. The zero-order chi connectivity index (χ0) is 20.7. The van der Waals surface area contributed by atoms with Crippen molar-refractivity contribution in [3.63, 3.8) is 0 Å². The number of hydrogen-bond acceptors (Lipinski definition) is 8. The first kappa shape index (κ1) is 23.7. The van der Waals surface area contributed by atoms with Crippen LogP contribution in [0.25, 0.3) is 0 Å². The molecule has 0 aromatic heterocycles. The molecule has 1 unspecified atom stereocenters. The molecule has 2 aliphatic heterocycles. The summed E-state index contributed by atoms with van der Waals surface area (Å²) in [4.78, 5) is 66.5. The summed E-state index contributed by atoms with van der Waals surface area (Å²) in [5, 5.41) is -1.98. The average molecular weight is 438 g/mol. The SMILES string of the molecule is O=C1C=CC(=O)N1CC1(C(=O)ON2C(=O)CC(S(=O)(=O)O)C2=O)CCCCC1.[NaH]. The second-order valence-electron chi connectivity index (χ2n) is 7.05. The summed E-state index contributed by atoms with van der Waals surface area (Å²) in [6.45, 7) is -0.269. The Kier molecular flexibility index (Phi) is 7.05. The van der Waals surface area contributed by atoms with Gasteiger partial charge in [0.25, 0.3) is 33.7 Å². The van der Waals surface area contributed by atoms with Gasteiger partial charge in [-0.15, -0.1) is 5.06 Å². The van der Waals surface area contributed by atoms with Crippen LogP contribution in [0.1, 0.15) is 38.5 Å². The molecule has 0 aromatic rings. The fourth-order valence-electron chi connectivity index (χ4n) is 3.64. The van der Waals surface area contributed by atoms with Crippen LogP contribution in [0, 0.1) is 5.41 Å². The quantitative estimate of drug-likeness (QED) is 0.313. The van der Waals surface area contributed by atoms with Crippen molar-refractivity contribution in [2.24, 2.45) is 5.41 Å². The predicted octanol–water partition coefficient (Wildman–Crippen LogP) is -1.31. The van der Waals surface area contributed by atoms with Gasteiger partial charge in [0.15, 0.2) is 5.25 Å². The molecule has 11 nitrogen and oxygen atoms in total. The molecule has 13 heteroatoms. The van der Waals surface area contributed by atoms with E-state index in [4.69, 9.17) is 9.39 Å². The van der Waals surface area contributed by atoms with Crippen LogP contribution in [0.3, 0.4) is 0 Å². The normalized spacial score (nSPS) is 24.1. The number of amides is 4. The van der Waals surface area contributed by atoms with Crippen molar-refractivity contribution in [2.45, 2.75) is 43.8 Å². The molecule has 1 saturated carbocycles. The Labute approximate surface area is 188 Å². The zero-order valence-electron chi connectivity index (χ0n) is 14.7. The van der Waals surface area contributed by atoms with Gasteiger partial charge >= 0.3 is 35.5 Å². The monoisotopic (exact) mass is 438 g/mol. The van der Waals surface area contributed by atoms with Gasteiger partial charge in [-0.25, -0.2) is 4.79 Å². The van der Waals surface area contributed by atoms with Gasteiger partial charge in [0, 0.05) is 18.7 Å². The van der Waals surface area contributed by atoms with Crippen molar-refractivity contribution in [3.05, 3.63) is 12.2 Å². The van der Waals surface area contributed by atoms with Crippen molar-refractivity contribution >= 4 is 69.3 Å². The van der Waals surface area contributed by atoms with E-state index >= 15 is 0 Å². The third-order valence-electron chi connectivity index (χ3n) is 5.20. The van der Waals surface area contributed by atoms with E-state index in [1.165, 1.54) is 0 Å². The van der Waals surface area contributed by atoms with Gasteiger partial charge in [0.05, 0.1) is 11.8 Å². The van der Waals surface area contributed by atoms with E-state index in [0.717, 1.165) is 23.5 Å². The van der Waals surface area contributed by atoms with Gasteiger partial charge in [-0.3, -0.25) is 28.6 Å². The van der Waals surface area contributed by atoms with Crippen molar-refractivity contribution in [3.8, 4) is 0 Å². The van der Waals surface area contributed by atoms with E-state index in [9.17, 15) is 32.4 Å². The molecule has 0 aromatic carbocycles. The van der Waals surface area contributed by atoms with Crippen LogP contribution in [-0.4, -0.2) is 93.9 Å². The Morgan fingerprint density at radius 2 is 1.66 bits per heavy atom. The van der Waals surface area contributed by atoms with Crippen molar-refractivity contribution < 1.29 is 41.8 Å². The summed E-state index contributed by atoms with van der Waals surface area (Å²) in [6.07, 6.45) is 3.87. The molecule has 3 rings (SSSR count). The average Bonchev–Trinajstić information content (AvgIpc) is 3.09. The summed E-state index contributed by atoms with van der Waals surface area (Å²) < 4.78 is 31.5. The Balaban J connectivity index is 0.00000300. The molecular formula is C16H19N2NaO9S. The minimum atomic E-state index is -4.84. The Morgan fingerprint density at radius 3 is 2.14 bits per heavy atom. The molecule has 1 atom stereocenters. The molecule has 2 heterocycles. The van der Waals surface area contributed by atoms with Crippen LogP contribution in [0.5, 0.6) is 0 Å². The molecular weight excluding hydrogens is 419 g/mol. The zero-order valence-corrected chi connectivity index (χ0v) is 15.5. The molecule has 0 radical (unpaired) electrons. The first-order valence-corrected chi connectivity index (χ1v) is 10.1. The summed E-state index contributed by atoms with van der Waals surface area (Å²) in [7, 11) is -4.84. The van der Waals surface area contributed by atoms with Crippen LogP contribution >= 0.6 is 0 Å². The second-order valence-corrected chi connectivity index (χ2v) is 8.65. The van der Waals surface area contributed by atoms with Crippen molar-refractivity contribution in [1.29, 1.82) is 0 Å². The fraction of sp³-hybridized carbons (Fsp3) is 0.562. The van der Waals surface area contributed by atoms with Crippen LogP contribution < -0.4 is 0 Å². The van der Waals surface area contributed by atoms with Gasteiger partial charge < -0.3 is 4.84 Å². The molecule has 3 aliphatic rings. The van der Waals surface area contributed by atoms with Crippen molar-refractivity contribution in [2.75, 3.05) is 6.54 Å². The summed E-state index contributed by atoms with van der Waals surface area (Å²) in [6, 6.07) is 0. The standard InChI is InChI=1S/C16H18N2O9S.Na.H/c19-11-4-5-12(20)17(11)9-16(6-2-1-3-7-16)15(23)27-18-13(21)8-10(14(18)22)28(24,25)26;;/h4-5,10H,1-3,6-9H2,(H,24,25,26);;. The number of hydrogen-bond donors (Lipinski definition) is 1. The molecule has 154 valence electrons. The number of rotatable bonds is 5. The second kappa shape index (κ2) is 8.64. The van der Waals surface area contributed by atoms with Crippen LogP contribution in [-0.2, 0) is 38.9 Å². The molecule has 0 bridgehead atoms. The van der Waals surface area contributed by atoms with Crippen LogP contribution in [0.2, 0.25) is 0 Å². The van der Waals surface area contributed by atoms with E-state index in [1.54, 1.807) is 0 Å². The van der Waals surface area contributed by atoms with Gasteiger partial charge in [0.1, 0.15) is 0 Å². The number of carbonyl (C=O) groups excluding carboxylic acids is 5. The van der Waals surface area contributed by atoms with E-state index in [1.807, 2.05) is 0 Å². The topological polar surface area (TPSA) is 155 Å². The molecule has 29 heavy (non-hydrogen) atoms. The van der Waals surface area contributed by atoms with Crippen LogP contribution in [0.4, 0.5) is 0 Å². The molecule has 1 saturated heterocycles. The third kappa shape index (κ3) is 4.61. The first-order chi connectivity index (χ1) is 13.0. The van der Waals surface area contributed by atoms with Crippen molar-refractivity contribution in [1.82, 2.24) is 9.96 Å². The van der Waals surface area contributed by atoms with Gasteiger partial charge in [-0.1, -0.05) is 19.3 Å². The van der Waals surface area contributed by atoms with Gasteiger partial charge in [0.2, 0.25) is 0 Å². The van der Waals surface area contributed by atoms with E-state index in [-0.39, 0.29) is 54.0 Å². The summed E-state index contributed by atoms with van der Waals surface area (Å²) in [5.41, 5.74) is -1.31. The van der Waals surface area contributed by atoms with E-state index in [2.05, 4.69) is 0 Å². The number of nitrogens with zero attached hydrogens (tertiary/aromatic N) is 2. The number of imide groups is 2. The van der Waals surface area contributed by atoms with Crippen LogP contribution in [0.15, 0.2) is 12.2 Å². The third-order valence-corrected chi connectivity index (χ3v) is 6.29. The maximum atomic E-state index is 12.9. The molecule has 0 spiro atoms. The van der Waals surface area contributed by atoms with E-state index in [0.29, 0.717) is 12.8 Å². The fourth-order valence-corrected chi connectivity index (χ4v) is 4.34.